The molecule has 94 valence electrons. The molecule has 1 atom stereocenters. The van der Waals surface area contributed by atoms with Gasteiger partial charge in [-0.3, -0.25) is 0 Å². The van der Waals surface area contributed by atoms with E-state index in [1.807, 2.05) is 11.9 Å². The number of hydrogen-bond donors (Lipinski definition) is 2. The number of rotatable bonds is 6. The molecule has 5 nitrogen and oxygen atoms in total. The second-order valence-electron chi connectivity index (χ2n) is 3.76. The fraction of sp³-hybridized carbons (Fsp3) is 0.455. The summed E-state index contributed by atoms with van der Waals surface area (Å²) in [5, 5.41) is 9.61. The lowest BCUT2D eigenvalue weighted by molar-refractivity contribution is 0.0694. The van der Waals surface area contributed by atoms with Crippen LogP contribution in [0.25, 0.3) is 0 Å². The van der Waals surface area contributed by atoms with E-state index in [1.165, 1.54) is 0 Å². The topological polar surface area (TPSA) is 71.6 Å². The Morgan fingerprint density at radius 3 is 3.00 bits per heavy atom. The molecule has 0 saturated carbocycles. The van der Waals surface area contributed by atoms with Crippen LogP contribution in [0.2, 0.25) is 0 Å². The van der Waals surface area contributed by atoms with Gasteiger partial charge in [0.05, 0.1) is 12.7 Å². The summed E-state index contributed by atoms with van der Waals surface area (Å²) in [4.78, 5) is 6.35. The molecule has 3 N–H and O–H groups in total. The predicted molar refractivity (Wildman–Crippen MR) is 71.3 cm³/mol. The van der Waals surface area contributed by atoms with Crippen molar-refractivity contribution in [1.82, 2.24) is 4.98 Å². The number of thiocarbonyl (C=S) groups is 1. The highest BCUT2D eigenvalue weighted by molar-refractivity contribution is 7.80. The number of nitrogens with two attached hydrogens (primary N) is 1. The number of likely N-dealkylation sites (N-methyl/N-ethyl adjacent to an activating group) is 1. The summed E-state index contributed by atoms with van der Waals surface area (Å²) in [6.45, 7) is 0.723. The normalized spacial score (nSPS) is 12.2. The minimum absolute atomic E-state index is 0.291. The number of pyridine rings is 1. The third-order valence-electron chi connectivity index (χ3n) is 2.26. The van der Waals surface area contributed by atoms with E-state index < -0.39 is 6.10 Å². The summed E-state index contributed by atoms with van der Waals surface area (Å²) >= 11 is 4.90. The first kappa shape index (κ1) is 13.8. The molecule has 1 heterocycles. The number of anilines is 1. The quantitative estimate of drug-likeness (QED) is 0.706. The minimum Gasteiger partial charge on any atom is -0.389 e. The van der Waals surface area contributed by atoms with Crippen molar-refractivity contribution in [3.05, 3.63) is 23.9 Å². The van der Waals surface area contributed by atoms with E-state index in [-0.39, 0.29) is 0 Å². The first-order valence-electron chi connectivity index (χ1n) is 5.18. The van der Waals surface area contributed by atoms with Gasteiger partial charge in [-0.15, -0.1) is 0 Å². The zero-order valence-electron chi connectivity index (χ0n) is 9.96. The highest BCUT2D eigenvalue weighted by atomic mass is 32.1. The molecule has 0 aliphatic carbocycles. The van der Waals surface area contributed by atoms with E-state index in [9.17, 15) is 5.11 Å². The van der Waals surface area contributed by atoms with Crippen LogP contribution in [-0.2, 0) is 4.74 Å². The lowest BCUT2D eigenvalue weighted by atomic mass is 10.2. The Morgan fingerprint density at radius 1 is 1.71 bits per heavy atom. The average molecular weight is 255 g/mol. The van der Waals surface area contributed by atoms with E-state index in [1.54, 1.807) is 25.4 Å². The van der Waals surface area contributed by atoms with Gasteiger partial charge in [-0.25, -0.2) is 4.98 Å². The molecule has 0 radical (unpaired) electrons. The number of nitrogens with zero attached hydrogens (tertiary/aromatic N) is 2. The Hall–Kier alpha value is -1.24. The maximum atomic E-state index is 9.61. The maximum Gasteiger partial charge on any atom is 0.129 e. The minimum atomic E-state index is -0.555. The number of hydrogen-bond acceptors (Lipinski definition) is 5. The van der Waals surface area contributed by atoms with Gasteiger partial charge in [0.25, 0.3) is 0 Å². The van der Waals surface area contributed by atoms with Crippen molar-refractivity contribution in [2.75, 3.05) is 32.2 Å². The van der Waals surface area contributed by atoms with Gasteiger partial charge in [-0.05, 0) is 12.1 Å². The van der Waals surface area contributed by atoms with Crippen LogP contribution in [0, 0.1) is 0 Å². The Labute approximate surface area is 106 Å². The second kappa shape index (κ2) is 6.48. The van der Waals surface area contributed by atoms with Crippen LogP contribution in [-0.4, -0.2) is 48.5 Å². The third-order valence-corrected chi connectivity index (χ3v) is 2.50. The molecule has 0 aliphatic heterocycles. The predicted octanol–water partition coefficient (Wildman–Crippen LogP) is 0.159. The molecule has 0 aromatic carbocycles. The van der Waals surface area contributed by atoms with E-state index in [2.05, 4.69) is 4.98 Å². The van der Waals surface area contributed by atoms with E-state index in [0.29, 0.717) is 24.0 Å². The third kappa shape index (κ3) is 4.26. The molecule has 1 aromatic rings. The van der Waals surface area contributed by atoms with Crippen molar-refractivity contribution < 1.29 is 9.84 Å². The number of ether oxygens (including phenoxy) is 1. The van der Waals surface area contributed by atoms with Crippen LogP contribution in [0.15, 0.2) is 18.3 Å². The average Bonchev–Trinajstić information content (AvgIpc) is 2.29. The van der Waals surface area contributed by atoms with Crippen molar-refractivity contribution in [3.63, 3.8) is 0 Å². The summed E-state index contributed by atoms with van der Waals surface area (Å²) in [6, 6.07) is 3.55. The van der Waals surface area contributed by atoms with E-state index >= 15 is 0 Å². The molecule has 0 spiro atoms. The van der Waals surface area contributed by atoms with Crippen LogP contribution in [0.1, 0.15) is 5.56 Å². The highest BCUT2D eigenvalue weighted by Crippen LogP contribution is 2.11. The molecule has 0 saturated heterocycles. The molecule has 17 heavy (non-hydrogen) atoms. The fourth-order valence-corrected chi connectivity index (χ4v) is 1.56. The Bertz CT molecular complexity index is 387. The largest absolute Gasteiger partial charge is 0.389 e. The van der Waals surface area contributed by atoms with E-state index in [0.717, 1.165) is 5.56 Å². The number of aliphatic hydroxyl groups is 1. The summed E-state index contributed by atoms with van der Waals surface area (Å²) in [5.74, 6) is 0.713. The molecular weight excluding hydrogens is 238 g/mol. The van der Waals surface area contributed by atoms with Crippen molar-refractivity contribution in [3.8, 4) is 0 Å². The zero-order valence-corrected chi connectivity index (χ0v) is 10.8. The smallest absolute Gasteiger partial charge is 0.129 e. The van der Waals surface area contributed by atoms with Crippen LogP contribution in [0.4, 0.5) is 5.82 Å². The van der Waals surface area contributed by atoms with Gasteiger partial charge in [0, 0.05) is 32.5 Å². The molecule has 6 heteroatoms. The molecule has 1 aromatic heterocycles. The number of methoxy groups -OCH3 is 1. The first-order chi connectivity index (χ1) is 8.04. The molecule has 0 fully saturated rings. The van der Waals surface area contributed by atoms with Crippen molar-refractivity contribution in [1.29, 1.82) is 0 Å². The Kier molecular flexibility index (Phi) is 5.27. The van der Waals surface area contributed by atoms with Gasteiger partial charge < -0.3 is 20.5 Å². The van der Waals surface area contributed by atoms with Gasteiger partial charge in [-0.2, -0.15) is 0 Å². The Balaban J connectivity index is 2.71. The van der Waals surface area contributed by atoms with Crippen molar-refractivity contribution in [2.24, 2.45) is 5.73 Å². The second-order valence-corrected chi connectivity index (χ2v) is 4.20. The van der Waals surface area contributed by atoms with E-state index in [4.69, 9.17) is 22.7 Å². The molecule has 0 aliphatic rings. The van der Waals surface area contributed by atoms with Crippen LogP contribution >= 0.6 is 12.2 Å². The van der Waals surface area contributed by atoms with Gasteiger partial charge in [-0.1, -0.05) is 12.2 Å². The zero-order chi connectivity index (χ0) is 12.8. The first-order valence-corrected chi connectivity index (χ1v) is 5.59. The molecule has 1 unspecified atom stereocenters. The molecule has 0 amide bonds. The van der Waals surface area contributed by atoms with Crippen LogP contribution in [0.5, 0.6) is 0 Å². The maximum absolute atomic E-state index is 9.61. The van der Waals surface area contributed by atoms with Crippen molar-refractivity contribution in [2.45, 2.75) is 6.10 Å². The Morgan fingerprint density at radius 2 is 2.41 bits per heavy atom. The molecular formula is C11H17N3O2S. The SMILES string of the molecule is COCC(O)CN(C)c1cc(C(N)=S)ccn1. The summed E-state index contributed by atoms with van der Waals surface area (Å²) in [5.41, 5.74) is 6.31. The summed E-state index contributed by atoms with van der Waals surface area (Å²) < 4.78 is 4.86. The molecule has 1 rings (SSSR count). The van der Waals surface area contributed by atoms with Crippen molar-refractivity contribution >= 4 is 23.0 Å². The number of aromatic nitrogens is 1. The standard InChI is InChI=1S/C11H17N3O2S/c1-14(6-9(15)7-16-2)10-5-8(11(12)17)3-4-13-10/h3-5,9,15H,6-7H2,1-2H3,(H2,12,17). The lowest BCUT2D eigenvalue weighted by Crippen LogP contribution is -2.32. The number of aliphatic hydroxyl groups excluding tert-OH is 1. The van der Waals surface area contributed by atoms with Crippen LogP contribution in [0.3, 0.4) is 0 Å². The lowest BCUT2D eigenvalue weighted by Gasteiger charge is -2.21. The van der Waals surface area contributed by atoms with Crippen LogP contribution < -0.4 is 10.6 Å². The fourth-order valence-electron chi connectivity index (χ4n) is 1.44. The summed E-state index contributed by atoms with van der Waals surface area (Å²) in [6.07, 6.45) is 1.09. The molecule has 0 bridgehead atoms. The highest BCUT2D eigenvalue weighted by Gasteiger charge is 2.10. The van der Waals surface area contributed by atoms with Gasteiger partial charge in [0.1, 0.15) is 10.8 Å². The van der Waals surface area contributed by atoms with Gasteiger partial charge in [0.15, 0.2) is 0 Å². The monoisotopic (exact) mass is 255 g/mol. The van der Waals surface area contributed by atoms with Gasteiger partial charge >= 0.3 is 0 Å². The van der Waals surface area contributed by atoms with Gasteiger partial charge in [0.2, 0.25) is 0 Å². The summed E-state index contributed by atoms with van der Waals surface area (Å²) in [7, 11) is 3.39.